The van der Waals surface area contributed by atoms with E-state index in [1.807, 2.05) is 6.07 Å². The van der Waals surface area contributed by atoms with Gasteiger partial charge in [-0.1, -0.05) is 48.5 Å². The Morgan fingerprint density at radius 3 is 2.29 bits per heavy atom. The molecule has 1 saturated carbocycles. The number of hydrogen-bond acceptors (Lipinski definition) is 3. The molecule has 182 valence electrons. The van der Waals surface area contributed by atoms with Crippen LogP contribution in [0.5, 0.6) is 5.75 Å². The average molecular weight is 475 g/mol. The quantitative estimate of drug-likeness (QED) is 0.421. The third-order valence-corrected chi connectivity index (χ3v) is 7.73. The average Bonchev–Trinajstić information content (AvgIpc) is 3.07. The molecule has 3 aromatic rings. The Balaban J connectivity index is 1.41. The highest BCUT2D eigenvalue weighted by molar-refractivity contribution is 5.87. The Morgan fingerprint density at radius 2 is 1.66 bits per heavy atom. The van der Waals surface area contributed by atoms with Crippen LogP contribution in [0.2, 0.25) is 0 Å². The predicted octanol–water partition coefficient (Wildman–Crippen LogP) is 6.31. The second-order valence-corrected chi connectivity index (χ2v) is 9.92. The van der Waals surface area contributed by atoms with E-state index >= 15 is 0 Å². The molecular formula is C29H31FN2O3. The normalized spacial score (nSPS) is 22.6. The van der Waals surface area contributed by atoms with Crippen LogP contribution >= 0.6 is 0 Å². The van der Waals surface area contributed by atoms with E-state index in [-0.39, 0.29) is 5.75 Å². The minimum atomic E-state index is -1.11. The summed E-state index contributed by atoms with van der Waals surface area (Å²) in [5, 5.41) is 20.1. The Morgan fingerprint density at radius 1 is 0.971 bits per heavy atom. The Labute approximate surface area is 205 Å². The number of hydrogen-bond donors (Lipinski definition) is 2. The summed E-state index contributed by atoms with van der Waals surface area (Å²) in [7, 11) is 0. The third-order valence-electron chi connectivity index (χ3n) is 7.73. The van der Waals surface area contributed by atoms with Crippen molar-refractivity contribution >= 4 is 11.8 Å². The number of amides is 1. The van der Waals surface area contributed by atoms with Gasteiger partial charge in [0.1, 0.15) is 11.6 Å². The smallest absolute Gasteiger partial charge is 0.412 e. The summed E-state index contributed by atoms with van der Waals surface area (Å²) in [6, 6.07) is 22.6. The topological polar surface area (TPSA) is 64.0 Å². The molecule has 1 aliphatic carbocycles. The van der Waals surface area contributed by atoms with Crippen molar-refractivity contribution in [3.05, 3.63) is 95.8 Å². The van der Waals surface area contributed by atoms with Crippen LogP contribution < -0.4 is 4.90 Å². The van der Waals surface area contributed by atoms with Crippen molar-refractivity contribution in [2.75, 3.05) is 18.0 Å². The van der Waals surface area contributed by atoms with Crippen LogP contribution in [0.3, 0.4) is 0 Å². The number of likely N-dealkylation sites (tertiary alicyclic amines) is 1. The first-order valence-corrected chi connectivity index (χ1v) is 12.3. The first kappa shape index (κ1) is 23.4. The highest BCUT2D eigenvalue weighted by Crippen LogP contribution is 2.48. The number of carbonyl (C=O) groups is 1. The third kappa shape index (κ3) is 5.17. The molecule has 0 radical (unpaired) electrons. The largest absolute Gasteiger partial charge is 0.508 e. The number of aromatic hydroxyl groups is 1. The zero-order chi connectivity index (χ0) is 24.4. The number of anilines is 1. The maximum atomic E-state index is 14.1. The number of phenolic OH excluding ortho intramolecular Hbond substituents is 1. The van der Waals surface area contributed by atoms with Gasteiger partial charge in [0, 0.05) is 19.6 Å². The molecule has 35 heavy (non-hydrogen) atoms. The van der Waals surface area contributed by atoms with Gasteiger partial charge in [-0.15, -0.1) is 0 Å². The fourth-order valence-corrected chi connectivity index (χ4v) is 6.18. The Bertz CT molecular complexity index is 1140. The van der Waals surface area contributed by atoms with Crippen molar-refractivity contribution in [2.24, 2.45) is 17.8 Å². The van der Waals surface area contributed by atoms with Crippen molar-refractivity contribution in [3.8, 4) is 5.75 Å². The number of nitrogens with zero attached hydrogens (tertiary/aromatic N) is 2. The van der Waals surface area contributed by atoms with Crippen molar-refractivity contribution in [2.45, 2.75) is 31.8 Å². The lowest BCUT2D eigenvalue weighted by molar-refractivity contribution is 0.0927. The number of halogens is 1. The van der Waals surface area contributed by atoms with Crippen molar-refractivity contribution < 1.29 is 19.4 Å². The molecule has 1 amide bonds. The van der Waals surface area contributed by atoms with Gasteiger partial charge >= 0.3 is 6.09 Å². The number of piperidine rings is 1. The van der Waals surface area contributed by atoms with Gasteiger partial charge in [0.2, 0.25) is 0 Å². The summed E-state index contributed by atoms with van der Waals surface area (Å²) in [5.74, 6) is 1.05. The molecule has 2 bridgehead atoms. The first-order valence-electron chi connectivity index (χ1n) is 12.3. The van der Waals surface area contributed by atoms with E-state index in [1.54, 1.807) is 36.4 Å². The summed E-state index contributed by atoms with van der Waals surface area (Å²) in [4.78, 5) is 16.3. The summed E-state index contributed by atoms with van der Waals surface area (Å²) in [6.45, 7) is 2.95. The van der Waals surface area contributed by atoms with Gasteiger partial charge in [-0.3, -0.25) is 9.80 Å². The van der Waals surface area contributed by atoms with Gasteiger partial charge < -0.3 is 10.2 Å². The maximum Gasteiger partial charge on any atom is 0.412 e. The first-order chi connectivity index (χ1) is 17.0. The van der Waals surface area contributed by atoms with Crippen LogP contribution in [0.1, 0.15) is 36.4 Å². The molecule has 1 saturated heterocycles. The van der Waals surface area contributed by atoms with Crippen LogP contribution in [0.4, 0.5) is 14.9 Å². The molecule has 3 unspecified atom stereocenters. The predicted molar refractivity (Wildman–Crippen MR) is 134 cm³/mol. The second kappa shape index (κ2) is 10.1. The monoisotopic (exact) mass is 474 g/mol. The van der Waals surface area contributed by atoms with E-state index in [0.717, 1.165) is 38.0 Å². The van der Waals surface area contributed by atoms with Gasteiger partial charge in [-0.2, -0.15) is 0 Å². The fourth-order valence-electron chi connectivity index (χ4n) is 6.18. The molecule has 3 atom stereocenters. The van der Waals surface area contributed by atoms with Crippen LogP contribution in [-0.2, 0) is 6.54 Å². The van der Waals surface area contributed by atoms with Gasteiger partial charge in [-0.05, 0) is 78.5 Å². The highest BCUT2D eigenvalue weighted by atomic mass is 19.1. The van der Waals surface area contributed by atoms with E-state index in [4.69, 9.17) is 0 Å². The van der Waals surface area contributed by atoms with Crippen molar-refractivity contribution in [1.82, 2.24) is 4.90 Å². The summed E-state index contributed by atoms with van der Waals surface area (Å²) in [5.41, 5.74) is 2.44. The number of fused-ring (bicyclic) bond motifs is 2. The van der Waals surface area contributed by atoms with Gasteiger partial charge in [0.05, 0.1) is 11.7 Å². The molecule has 2 fully saturated rings. The van der Waals surface area contributed by atoms with E-state index in [1.165, 1.54) is 22.6 Å². The number of phenols is 1. The molecule has 5 rings (SSSR count). The molecule has 2 aliphatic rings. The van der Waals surface area contributed by atoms with Crippen molar-refractivity contribution in [1.29, 1.82) is 0 Å². The van der Waals surface area contributed by atoms with E-state index in [9.17, 15) is 19.4 Å². The molecule has 0 aromatic heterocycles. The lowest BCUT2D eigenvalue weighted by Gasteiger charge is -2.41. The Hall–Kier alpha value is -3.38. The molecule has 1 aliphatic heterocycles. The summed E-state index contributed by atoms with van der Waals surface area (Å²) < 4.78 is 14.1. The minimum Gasteiger partial charge on any atom is -0.508 e. The van der Waals surface area contributed by atoms with Crippen LogP contribution in [0, 0.1) is 23.6 Å². The van der Waals surface area contributed by atoms with E-state index in [0.29, 0.717) is 29.9 Å². The SMILES string of the molecule is O=C(O)N(c1cccc(F)c1)C(CC1C2CCC1CN(Cc1ccccc1)C2)c1ccc(O)cc1. The second-order valence-electron chi connectivity index (χ2n) is 9.92. The van der Waals surface area contributed by atoms with Crippen molar-refractivity contribution in [3.63, 3.8) is 0 Å². The van der Waals surface area contributed by atoms with Crippen LogP contribution in [0.15, 0.2) is 78.9 Å². The highest BCUT2D eigenvalue weighted by Gasteiger charge is 2.44. The summed E-state index contributed by atoms with van der Waals surface area (Å²) >= 11 is 0. The molecule has 2 N–H and O–H groups in total. The molecule has 3 aromatic carbocycles. The molecular weight excluding hydrogens is 443 g/mol. The number of rotatable bonds is 7. The van der Waals surface area contributed by atoms with Crippen LogP contribution in [-0.4, -0.2) is 34.3 Å². The summed E-state index contributed by atoms with van der Waals surface area (Å²) in [6.07, 6.45) is 1.86. The van der Waals surface area contributed by atoms with E-state index < -0.39 is 18.0 Å². The zero-order valence-corrected chi connectivity index (χ0v) is 19.6. The zero-order valence-electron chi connectivity index (χ0n) is 19.6. The number of benzene rings is 3. The fraction of sp³-hybridized carbons (Fsp3) is 0.345. The van der Waals surface area contributed by atoms with Gasteiger partial charge in [0.25, 0.3) is 0 Å². The lowest BCUT2D eigenvalue weighted by Crippen LogP contribution is -2.43. The lowest BCUT2D eigenvalue weighted by atomic mass is 9.79. The van der Waals surface area contributed by atoms with Gasteiger partial charge in [0.15, 0.2) is 0 Å². The number of carboxylic acid groups (broad SMARTS) is 1. The Kier molecular flexibility index (Phi) is 6.73. The van der Waals surface area contributed by atoms with Crippen LogP contribution in [0.25, 0.3) is 0 Å². The minimum absolute atomic E-state index is 0.134. The molecule has 6 heteroatoms. The standard InChI is InChI=1S/C29H31FN2O3/c30-24-7-4-8-25(15-24)32(29(34)35)28(21-11-13-26(33)14-12-21)16-27-22-9-10-23(27)19-31(18-22)17-20-5-2-1-3-6-20/h1-8,11-15,22-23,27-28,33H,9-10,16-19H2,(H,34,35). The van der Waals surface area contributed by atoms with E-state index in [2.05, 4.69) is 29.2 Å². The maximum absolute atomic E-state index is 14.1. The molecule has 1 heterocycles. The molecule has 5 nitrogen and oxygen atoms in total. The van der Waals surface area contributed by atoms with Gasteiger partial charge in [-0.25, -0.2) is 9.18 Å². The molecule has 0 spiro atoms.